The number of carbonyl (C=O) groups is 5. The van der Waals surface area contributed by atoms with Crippen molar-refractivity contribution in [2.75, 3.05) is 5.32 Å². The van der Waals surface area contributed by atoms with Gasteiger partial charge in [0, 0.05) is 54.7 Å². The normalized spacial score (nSPS) is 22.0. The summed E-state index contributed by atoms with van der Waals surface area (Å²) in [6, 6.07) is 8.78. The number of Topliss-reactive ketones (excluding diaryl/α,β-unsaturated/α-hetero) is 2. The van der Waals surface area contributed by atoms with Crippen LogP contribution < -0.4 is 10.6 Å². The smallest absolute Gasteiger partial charge is 0.255 e. The van der Waals surface area contributed by atoms with Gasteiger partial charge in [0.2, 0.25) is 11.8 Å². The molecule has 36 heavy (non-hydrogen) atoms. The number of benzene rings is 2. The van der Waals surface area contributed by atoms with Crippen LogP contribution in [0.1, 0.15) is 53.1 Å². The molecule has 2 heterocycles. The van der Waals surface area contributed by atoms with Crippen LogP contribution in [0.3, 0.4) is 0 Å². The number of allylic oxidation sites excluding steroid dienone is 1. The quantitative estimate of drug-likeness (QED) is 0.372. The maximum absolute atomic E-state index is 14.4. The Morgan fingerprint density at radius 1 is 1.03 bits per heavy atom. The van der Waals surface area contributed by atoms with Crippen molar-refractivity contribution in [2.45, 2.75) is 44.2 Å². The minimum atomic E-state index is -0.751. The number of rotatable bonds is 4. The Morgan fingerprint density at radius 3 is 2.47 bits per heavy atom. The van der Waals surface area contributed by atoms with E-state index in [9.17, 15) is 28.4 Å². The zero-order valence-electron chi connectivity index (χ0n) is 19.0. The number of imide groups is 1. The first-order chi connectivity index (χ1) is 17.2. The molecule has 184 valence electrons. The number of hydrogen-bond donors (Lipinski definition) is 2. The Hall–Kier alpha value is -3.85. The highest BCUT2D eigenvalue weighted by Crippen LogP contribution is 2.36. The van der Waals surface area contributed by atoms with Gasteiger partial charge in [-0.1, -0.05) is 29.8 Å². The molecule has 3 amide bonds. The predicted molar refractivity (Wildman–Crippen MR) is 128 cm³/mol. The lowest BCUT2D eigenvalue weighted by Gasteiger charge is -2.29. The minimum Gasteiger partial charge on any atom is -0.361 e. The number of anilines is 1. The number of piperidine rings is 1. The van der Waals surface area contributed by atoms with E-state index in [0.29, 0.717) is 16.8 Å². The molecule has 2 aromatic carbocycles. The Labute approximate surface area is 210 Å². The fourth-order valence-electron chi connectivity index (χ4n) is 4.98. The van der Waals surface area contributed by atoms with Crippen LogP contribution in [0.2, 0.25) is 5.02 Å². The molecule has 10 heteroatoms. The molecule has 1 saturated carbocycles. The van der Waals surface area contributed by atoms with Gasteiger partial charge in [-0.3, -0.25) is 29.3 Å². The SMILES string of the molecule is O=C1CCC(N2Cc3c(NC=C4C(=O)CC(c5cccc(Cl)c5F)CC4=O)cccc3C2=O)C(=O)N1. The maximum atomic E-state index is 14.4. The summed E-state index contributed by atoms with van der Waals surface area (Å²) in [6.07, 6.45) is 1.65. The van der Waals surface area contributed by atoms with Crippen molar-refractivity contribution in [3.05, 3.63) is 75.7 Å². The highest BCUT2D eigenvalue weighted by molar-refractivity contribution is 6.30. The second-order valence-electron chi connectivity index (χ2n) is 9.03. The number of amides is 3. The van der Waals surface area contributed by atoms with E-state index in [-0.39, 0.29) is 60.2 Å². The van der Waals surface area contributed by atoms with Crippen molar-refractivity contribution in [3.8, 4) is 0 Å². The summed E-state index contributed by atoms with van der Waals surface area (Å²) >= 11 is 5.85. The van der Waals surface area contributed by atoms with Gasteiger partial charge in [-0.2, -0.15) is 0 Å². The second-order valence-corrected chi connectivity index (χ2v) is 9.44. The second kappa shape index (κ2) is 9.31. The summed E-state index contributed by atoms with van der Waals surface area (Å²) in [4.78, 5) is 63.8. The van der Waals surface area contributed by atoms with Gasteiger partial charge in [0.25, 0.3) is 5.91 Å². The molecular formula is C26H21ClFN3O5. The first-order valence-corrected chi connectivity index (χ1v) is 11.9. The summed E-state index contributed by atoms with van der Waals surface area (Å²) in [5.41, 5.74) is 1.76. The van der Waals surface area contributed by atoms with Gasteiger partial charge < -0.3 is 10.2 Å². The first-order valence-electron chi connectivity index (χ1n) is 11.5. The minimum absolute atomic E-state index is 0.0300. The van der Waals surface area contributed by atoms with E-state index in [1.54, 1.807) is 24.3 Å². The third kappa shape index (κ3) is 4.19. The number of hydrogen-bond acceptors (Lipinski definition) is 6. The fourth-order valence-corrected chi connectivity index (χ4v) is 5.16. The Bertz CT molecular complexity index is 1350. The van der Waals surface area contributed by atoms with Crippen molar-refractivity contribution in [3.63, 3.8) is 0 Å². The summed E-state index contributed by atoms with van der Waals surface area (Å²) in [5.74, 6) is -3.26. The van der Waals surface area contributed by atoms with E-state index < -0.39 is 35.3 Å². The van der Waals surface area contributed by atoms with E-state index in [2.05, 4.69) is 10.6 Å². The molecule has 2 N–H and O–H groups in total. The lowest BCUT2D eigenvalue weighted by molar-refractivity contribution is -0.137. The Morgan fingerprint density at radius 2 is 1.75 bits per heavy atom. The van der Waals surface area contributed by atoms with Gasteiger partial charge in [0.15, 0.2) is 11.6 Å². The molecular weight excluding hydrogens is 489 g/mol. The van der Waals surface area contributed by atoms with E-state index >= 15 is 0 Å². The van der Waals surface area contributed by atoms with Gasteiger partial charge in [0.1, 0.15) is 11.9 Å². The van der Waals surface area contributed by atoms with E-state index in [4.69, 9.17) is 11.6 Å². The molecule has 0 spiro atoms. The molecule has 1 saturated heterocycles. The monoisotopic (exact) mass is 509 g/mol. The van der Waals surface area contributed by atoms with Crippen molar-refractivity contribution >= 4 is 46.6 Å². The Kier molecular flexibility index (Phi) is 6.17. The number of nitrogens with zero attached hydrogens (tertiary/aromatic N) is 1. The van der Waals surface area contributed by atoms with Crippen molar-refractivity contribution < 1.29 is 28.4 Å². The fraction of sp³-hybridized carbons (Fsp3) is 0.269. The van der Waals surface area contributed by atoms with Crippen molar-refractivity contribution in [1.29, 1.82) is 0 Å². The van der Waals surface area contributed by atoms with E-state index in [0.717, 1.165) is 0 Å². The van der Waals surface area contributed by atoms with Crippen molar-refractivity contribution in [1.82, 2.24) is 10.2 Å². The van der Waals surface area contributed by atoms with Crippen LogP contribution in [0.5, 0.6) is 0 Å². The van der Waals surface area contributed by atoms with E-state index in [1.165, 1.54) is 23.2 Å². The number of ketones is 2. The highest BCUT2D eigenvalue weighted by atomic mass is 35.5. The molecule has 1 atom stereocenters. The number of fused-ring (bicyclic) bond motifs is 1. The predicted octanol–water partition coefficient (Wildman–Crippen LogP) is 3.25. The largest absolute Gasteiger partial charge is 0.361 e. The van der Waals surface area contributed by atoms with Gasteiger partial charge in [-0.05, 0) is 30.2 Å². The van der Waals surface area contributed by atoms with Crippen LogP contribution in [0, 0.1) is 5.82 Å². The third-order valence-electron chi connectivity index (χ3n) is 6.84. The van der Waals surface area contributed by atoms with Crippen LogP contribution in [-0.4, -0.2) is 40.2 Å². The molecule has 0 radical (unpaired) electrons. The standard InChI is InChI=1S/C26H21ClFN3O5/c27-18-5-1-3-14(24(18)28)13-9-21(32)16(22(33)10-13)11-29-19-6-2-4-15-17(19)12-31(26(15)36)20-7-8-23(34)30-25(20)35/h1-6,11,13,20,29H,7-10,12H2,(H,30,34,35). The molecule has 0 aromatic heterocycles. The van der Waals surface area contributed by atoms with Gasteiger partial charge >= 0.3 is 0 Å². The molecule has 1 unspecified atom stereocenters. The van der Waals surface area contributed by atoms with Crippen LogP contribution in [0.15, 0.2) is 48.2 Å². The number of nitrogens with one attached hydrogen (secondary N) is 2. The summed E-state index contributed by atoms with van der Waals surface area (Å²) in [6.45, 7) is 0.144. The summed E-state index contributed by atoms with van der Waals surface area (Å²) < 4.78 is 14.4. The van der Waals surface area contributed by atoms with E-state index in [1.807, 2.05) is 0 Å². The van der Waals surface area contributed by atoms with Gasteiger partial charge in [-0.15, -0.1) is 0 Å². The topological polar surface area (TPSA) is 113 Å². The average Bonchev–Trinajstić information content (AvgIpc) is 3.17. The van der Waals surface area contributed by atoms with Crippen LogP contribution >= 0.6 is 11.6 Å². The van der Waals surface area contributed by atoms with Gasteiger partial charge in [0.05, 0.1) is 10.6 Å². The molecule has 5 rings (SSSR count). The lowest BCUT2D eigenvalue weighted by atomic mass is 9.80. The highest BCUT2D eigenvalue weighted by Gasteiger charge is 2.40. The zero-order chi connectivity index (χ0) is 25.6. The molecule has 3 aliphatic rings. The van der Waals surface area contributed by atoms with Crippen molar-refractivity contribution in [2.24, 2.45) is 0 Å². The van der Waals surface area contributed by atoms with Crippen LogP contribution in [-0.2, 0) is 25.7 Å². The van der Waals surface area contributed by atoms with Crippen LogP contribution in [0.4, 0.5) is 10.1 Å². The Balaban J connectivity index is 1.34. The average molecular weight is 510 g/mol. The number of carbonyl (C=O) groups excluding carboxylic acids is 5. The lowest BCUT2D eigenvalue weighted by Crippen LogP contribution is -2.52. The third-order valence-corrected chi connectivity index (χ3v) is 7.13. The molecule has 8 nitrogen and oxygen atoms in total. The summed E-state index contributed by atoms with van der Waals surface area (Å²) in [5, 5.41) is 5.18. The molecule has 2 aromatic rings. The molecule has 2 fully saturated rings. The number of halogens is 2. The summed E-state index contributed by atoms with van der Waals surface area (Å²) in [7, 11) is 0. The molecule has 1 aliphatic carbocycles. The van der Waals surface area contributed by atoms with Crippen LogP contribution in [0.25, 0.3) is 0 Å². The molecule has 0 bridgehead atoms. The van der Waals surface area contributed by atoms with Gasteiger partial charge in [-0.25, -0.2) is 4.39 Å². The molecule has 2 aliphatic heterocycles. The zero-order valence-corrected chi connectivity index (χ0v) is 19.7. The maximum Gasteiger partial charge on any atom is 0.255 e. The first kappa shape index (κ1) is 23.9.